The number of benzene rings is 1. The van der Waals surface area contributed by atoms with Crippen molar-refractivity contribution in [2.75, 3.05) is 0 Å². The van der Waals surface area contributed by atoms with E-state index in [1.807, 2.05) is 12.1 Å². The smallest absolute Gasteiger partial charge is 0.0948 e. The molecule has 1 aromatic rings. The minimum Gasteiger partial charge on any atom is -0.154 e. The largest absolute Gasteiger partial charge is 0.154 e. The summed E-state index contributed by atoms with van der Waals surface area (Å²) < 4.78 is 0. The Morgan fingerprint density at radius 1 is 1.00 bits per heavy atom. The minimum atomic E-state index is 1.03. The molecule has 0 bridgehead atoms. The first kappa shape index (κ1) is 11.2. The van der Waals surface area contributed by atoms with Crippen LogP contribution in [-0.2, 0) is 0 Å². The molecule has 1 aromatic carbocycles. The molecule has 2 heteroatoms. The standard InChI is InChI=1S/C14H19N2/c1-2-3-4-5-6-10-13-12-9-7-8-11-14(12)16-15-13/h7-9,11H,2-6,10H2,1H3. The van der Waals surface area contributed by atoms with E-state index in [1.54, 1.807) is 0 Å². The summed E-state index contributed by atoms with van der Waals surface area (Å²) >= 11 is 0. The molecule has 0 aromatic heterocycles. The van der Waals surface area contributed by atoms with Gasteiger partial charge in [0, 0.05) is 5.56 Å². The van der Waals surface area contributed by atoms with Crippen LogP contribution in [0.4, 0.5) is 5.69 Å². The van der Waals surface area contributed by atoms with Crippen molar-refractivity contribution in [1.29, 1.82) is 0 Å². The summed E-state index contributed by atoms with van der Waals surface area (Å²) in [4.78, 5) is 0. The molecule has 0 amide bonds. The Labute approximate surface area is 97.8 Å². The van der Waals surface area contributed by atoms with Crippen molar-refractivity contribution < 1.29 is 0 Å². The van der Waals surface area contributed by atoms with Crippen LogP contribution < -0.4 is 5.43 Å². The molecule has 1 radical (unpaired) electrons. The lowest BCUT2D eigenvalue weighted by Gasteiger charge is -2.01. The monoisotopic (exact) mass is 215 g/mol. The quantitative estimate of drug-likeness (QED) is 0.641. The van der Waals surface area contributed by atoms with E-state index in [0.717, 1.165) is 12.1 Å². The van der Waals surface area contributed by atoms with Crippen molar-refractivity contribution in [2.45, 2.75) is 45.4 Å². The Bertz CT molecular complexity index is 369. The molecule has 2 rings (SSSR count). The highest BCUT2D eigenvalue weighted by atomic mass is 15.3. The molecule has 0 saturated heterocycles. The molecule has 1 heterocycles. The lowest BCUT2D eigenvalue weighted by Crippen LogP contribution is -1.96. The molecular weight excluding hydrogens is 196 g/mol. The van der Waals surface area contributed by atoms with Crippen LogP contribution >= 0.6 is 0 Å². The summed E-state index contributed by atoms with van der Waals surface area (Å²) in [5.41, 5.74) is 7.62. The second kappa shape index (κ2) is 5.69. The van der Waals surface area contributed by atoms with Crippen LogP contribution in [0.2, 0.25) is 0 Å². The Kier molecular flexibility index (Phi) is 3.97. The molecular formula is C14H19N2. The fourth-order valence-corrected chi connectivity index (χ4v) is 2.05. The van der Waals surface area contributed by atoms with Gasteiger partial charge in [-0.3, -0.25) is 0 Å². The van der Waals surface area contributed by atoms with Crippen molar-refractivity contribution in [2.24, 2.45) is 5.10 Å². The first-order chi connectivity index (χ1) is 7.92. The maximum atomic E-state index is 4.26. The predicted octanol–water partition coefficient (Wildman–Crippen LogP) is 4.00. The fraction of sp³-hybridized carbons (Fsp3) is 0.500. The van der Waals surface area contributed by atoms with Gasteiger partial charge in [0.1, 0.15) is 0 Å². The second-order valence-corrected chi connectivity index (χ2v) is 4.33. The summed E-state index contributed by atoms with van der Waals surface area (Å²) in [7, 11) is 0. The van der Waals surface area contributed by atoms with Gasteiger partial charge in [0.25, 0.3) is 0 Å². The highest BCUT2D eigenvalue weighted by molar-refractivity contribution is 6.06. The SMILES string of the molecule is CCCCCCCC1=N[N]c2ccccc21. The summed E-state index contributed by atoms with van der Waals surface area (Å²) in [5.74, 6) is 0. The van der Waals surface area contributed by atoms with Gasteiger partial charge < -0.3 is 0 Å². The molecule has 85 valence electrons. The van der Waals surface area contributed by atoms with E-state index >= 15 is 0 Å². The molecule has 0 unspecified atom stereocenters. The van der Waals surface area contributed by atoms with E-state index in [-0.39, 0.29) is 0 Å². The van der Waals surface area contributed by atoms with E-state index in [1.165, 1.54) is 43.4 Å². The summed E-state index contributed by atoms with van der Waals surface area (Å²) in [5, 5.41) is 4.26. The summed E-state index contributed by atoms with van der Waals surface area (Å²) in [6.45, 7) is 2.25. The van der Waals surface area contributed by atoms with E-state index < -0.39 is 0 Å². The van der Waals surface area contributed by atoms with E-state index in [9.17, 15) is 0 Å². The number of hydrogen-bond donors (Lipinski definition) is 0. The van der Waals surface area contributed by atoms with Crippen LogP contribution in [0.15, 0.2) is 29.4 Å². The van der Waals surface area contributed by atoms with Gasteiger partial charge in [-0.2, -0.15) is 10.5 Å². The van der Waals surface area contributed by atoms with Crippen molar-refractivity contribution in [3.63, 3.8) is 0 Å². The van der Waals surface area contributed by atoms with Gasteiger partial charge in [0.15, 0.2) is 0 Å². The van der Waals surface area contributed by atoms with E-state index in [0.29, 0.717) is 0 Å². The molecule has 1 aliphatic rings. The second-order valence-electron chi connectivity index (χ2n) is 4.33. The van der Waals surface area contributed by atoms with Crippen LogP contribution in [-0.4, -0.2) is 5.71 Å². The zero-order chi connectivity index (χ0) is 11.2. The van der Waals surface area contributed by atoms with Gasteiger partial charge in [-0.1, -0.05) is 50.8 Å². The first-order valence-electron chi connectivity index (χ1n) is 6.29. The van der Waals surface area contributed by atoms with Gasteiger partial charge in [0.2, 0.25) is 0 Å². The summed E-state index contributed by atoms with van der Waals surface area (Å²) in [6, 6.07) is 8.23. The van der Waals surface area contributed by atoms with Crippen LogP contribution in [0.1, 0.15) is 51.0 Å². The molecule has 2 nitrogen and oxygen atoms in total. The maximum absolute atomic E-state index is 4.26. The molecule has 0 aliphatic carbocycles. The lowest BCUT2D eigenvalue weighted by atomic mass is 10.0. The number of fused-ring (bicyclic) bond motifs is 1. The van der Waals surface area contributed by atoms with E-state index in [4.69, 9.17) is 0 Å². The van der Waals surface area contributed by atoms with Gasteiger partial charge >= 0.3 is 0 Å². The maximum Gasteiger partial charge on any atom is 0.0948 e. The summed E-state index contributed by atoms with van der Waals surface area (Å²) in [6.07, 6.45) is 7.64. The number of unbranched alkanes of at least 4 members (excludes halogenated alkanes) is 4. The van der Waals surface area contributed by atoms with Crippen molar-refractivity contribution in [3.8, 4) is 0 Å². The Hall–Kier alpha value is -1.31. The van der Waals surface area contributed by atoms with Crippen molar-refractivity contribution in [3.05, 3.63) is 29.8 Å². The molecule has 0 fully saturated rings. The van der Waals surface area contributed by atoms with E-state index in [2.05, 4.69) is 29.6 Å². The Morgan fingerprint density at radius 3 is 2.69 bits per heavy atom. The van der Waals surface area contributed by atoms with Gasteiger partial charge in [0.05, 0.1) is 11.4 Å². The highest BCUT2D eigenvalue weighted by Gasteiger charge is 2.15. The van der Waals surface area contributed by atoms with Crippen molar-refractivity contribution >= 4 is 11.4 Å². The zero-order valence-electron chi connectivity index (χ0n) is 9.95. The number of hydrogen-bond acceptors (Lipinski definition) is 1. The minimum absolute atomic E-state index is 1.03. The third kappa shape index (κ3) is 2.63. The predicted molar refractivity (Wildman–Crippen MR) is 68.1 cm³/mol. The molecule has 0 atom stereocenters. The average Bonchev–Trinajstić information content (AvgIpc) is 2.73. The van der Waals surface area contributed by atoms with Gasteiger partial charge in [-0.25, -0.2) is 0 Å². The number of nitrogens with zero attached hydrogens (tertiary/aromatic N) is 2. The van der Waals surface area contributed by atoms with Crippen LogP contribution in [0.25, 0.3) is 0 Å². The van der Waals surface area contributed by atoms with Crippen LogP contribution in [0.3, 0.4) is 0 Å². The van der Waals surface area contributed by atoms with Crippen molar-refractivity contribution in [1.82, 2.24) is 5.43 Å². The third-order valence-corrected chi connectivity index (χ3v) is 3.01. The molecule has 0 N–H and O–H groups in total. The molecule has 1 aliphatic heterocycles. The zero-order valence-corrected chi connectivity index (χ0v) is 9.95. The number of rotatable bonds is 6. The van der Waals surface area contributed by atoms with Gasteiger partial charge in [-0.05, 0) is 18.9 Å². The molecule has 0 saturated carbocycles. The third-order valence-electron chi connectivity index (χ3n) is 3.01. The fourth-order valence-electron chi connectivity index (χ4n) is 2.05. The topological polar surface area (TPSA) is 26.5 Å². The lowest BCUT2D eigenvalue weighted by molar-refractivity contribution is 0.643. The Morgan fingerprint density at radius 2 is 1.81 bits per heavy atom. The molecule has 16 heavy (non-hydrogen) atoms. The highest BCUT2D eigenvalue weighted by Crippen LogP contribution is 2.24. The Balaban J connectivity index is 1.80. The average molecular weight is 215 g/mol. The normalized spacial score (nSPS) is 13.2. The first-order valence-corrected chi connectivity index (χ1v) is 6.29. The van der Waals surface area contributed by atoms with Crippen LogP contribution in [0.5, 0.6) is 0 Å². The van der Waals surface area contributed by atoms with Gasteiger partial charge in [-0.15, -0.1) is 0 Å². The molecule has 0 spiro atoms. The van der Waals surface area contributed by atoms with Crippen LogP contribution in [0, 0.1) is 0 Å².